The van der Waals surface area contributed by atoms with E-state index in [0.717, 1.165) is 39.2 Å². The normalized spacial score (nSPS) is 14.2. The molecule has 236 valence electrons. The maximum absolute atomic E-state index is 5.23. The molecule has 0 spiro atoms. The number of aromatic nitrogens is 1. The molecule has 3 heteroatoms. The summed E-state index contributed by atoms with van der Waals surface area (Å²) in [6, 6.07) is 60.3. The van der Waals surface area contributed by atoms with Crippen LogP contribution in [-0.4, -0.2) is 10.8 Å². The monoisotopic (exact) mass is 639 g/mol. The number of rotatable bonds is 6. The first-order chi connectivity index (χ1) is 24.7. The highest BCUT2D eigenvalue weighted by Gasteiger charge is 2.21. The van der Waals surface area contributed by atoms with E-state index in [2.05, 4.69) is 186 Å². The molecular weight excluding hydrogens is 607 g/mol. The van der Waals surface area contributed by atoms with Gasteiger partial charge in [-0.2, -0.15) is 0 Å². The fourth-order valence-electron chi connectivity index (χ4n) is 6.92. The standard InChI is InChI=1S/C47H33N3/c1-2-9-32(10-3-1)39-14-8-15-41(28-39)46-29-45(36-22-20-35(21-23-36)44-31-48-30-42-13-6-7-16-43(42)44)49-47(50-46)37-24-17-34(18-25-37)40-26-19-33-11-4-5-12-38(33)27-40/h1-31,46H,(H,49,50). The predicted molar refractivity (Wildman–Crippen MR) is 209 cm³/mol. The number of nitrogens with zero attached hydrogens (tertiary/aromatic N) is 2. The summed E-state index contributed by atoms with van der Waals surface area (Å²) in [5.41, 5.74) is 11.3. The van der Waals surface area contributed by atoms with E-state index in [1.165, 1.54) is 44.0 Å². The lowest BCUT2D eigenvalue weighted by atomic mass is 9.95. The summed E-state index contributed by atoms with van der Waals surface area (Å²) >= 11 is 0. The van der Waals surface area contributed by atoms with Crippen LogP contribution in [0.2, 0.25) is 0 Å². The van der Waals surface area contributed by atoms with Crippen LogP contribution in [0, 0.1) is 0 Å². The Hall–Kier alpha value is -6.58. The molecule has 50 heavy (non-hydrogen) atoms. The maximum Gasteiger partial charge on any atom is 0.134 e. The van der Waals surface area contributed by atoms with Crippen molar-refractivity contribution in [3.63, 3.8) is 0 Å². The summed E-state index contributed by atoms with van der Waals surface area (Å²) in [6.07, 6.45) is 6.12. The van der Waals surface area contributed by atoms with Crippen molar-refractivity contribution in [1.82, 2.24) is 10.3 Å². The lowest BCUT2D eigenvalue weighted by Gasteiger charge is -2.25. The molecule has 1 aliphatic rings. The highest BCUT2D eigenvalue weighted by Crippen LogP contribution is 2.33. The van der Waals surface area contributed by atoms with Gasteiger partial charge in [0.2, 0.25) is 0 Å². The van der Waals surface area contributed by atoms with Crippen molar-refractivity contribution in [3.8, 4) is 33.4 Å². The molecule has 0 aliphatic carbocycles. The molecule has 3 nitrogen and oxygen atoms in total. The average molecular weight is 640 g/mol. The van der Waals surface area contributed by atoms with Crippen molar-refractivity contribution in [3.05, 3.63) is 205 Å². The Balaban J connectivity index is 1.09. The topological polar surface area (TPSA) is 37.3 Å². The fourth-order valence-corrected chi connectivity index (χ4v) is 6.92. The Bertz CT molecular complexity index is 2540. The Morgan fingerprint density at radius 2 is 1.04 bits per heavy atom. The second kappa shape index (κ2) is 12.8. The first-order valence-corrected chi connectivity index (χ1v) is 17.0. The number of hydrogen-bond donors (Lipinski definition) is 1. The molecule has 8 aromatic rings. The van der Waals surface area contributed by atoms with Gasteiger partial charge in [-0.05, 0) is 73.3 Å². The minimum atomic E-state index is -0.0664. The molecule has 1 aliphatic heterocycles. The van der Waals surface area contributed by atoms with Crippen molar-refractivity contribution in [2.75, 3.05) is 0 Å². The summed E-state index contributed by atoms with van der Waals surface area (Å²) in [4.78, 5) is 9.74. The number of pyridine rings is 1. The highest BCUT2D eigenvalue weighted by atomic mass is 15.0. The van der Waals surface area contributed by atoms with Gasteiger partial charge in [-0.3, -0.25) is 4.98 Å². The van der Waals surface area contributed by atoms with Gasteiger partial charge in [0.25, 0.3) is 0 Å². The Labute approximate surface area is 292 Å². The van der Waals surface area contributed by atoms with Crippen LogP contribution in [0.5, 0.6) is 0 Å². The second-order valence-corrected chi connectivity index (χ2v) is 12.8. The summed E-state index contributed by atoms with van der Waals surface area (Å²) in [6.45, 7) is 0. The molecule has 1 unspecified atom stereocenters. The quantitative estimate of drug-likeness (QED) is 0.197. The summed E-state index contributed by atoms with van der Waals surface area (Å²) in [5.74, 6) is 0.852. The van der Waals surface area contributed by atoms with E-state index in [-0.39, 0.29) is 6.04 Å². The zero-order valence-electron chi connectivity index (χ0n) is 27.4. The molecule has 0 saturated heterocycles. The van der Waals surface area contributed by atoms with Gasteiger partial charge < -0.3 is 5.32 Å². The molecule has 1 atom stereocenters. The van der Waals surface area contributed by atoms with Crippen molar-refractivity contribution < 1.29 is 0 Å². The Morgan fingerprint density at radius 3 is 1.88 bits per heavy atom. The van der Waals surface area contributed by atoms with Crippen molar-refractivity contribution in [1.29, 1.82) is 0 Å². The number of fused-ring (bicyclic) bond motifs is 2. The highest BCUT2D eigenvalue weighted by molar-refractivity contribution is 6.04. The third kappa shape index (κ3) is 5.76. The van der Waals surface area contributed by atoms with E-state index in [1.54, 1.807) is 0 Å². The third-order valence-corrected chi connectivity index (χ3v) is 9.60. The number of nitrogens with one attached hydrogen (secondary N) is 1. The van der Waals surface area contributed by atoms with E-state index in [4.69, 9.17) is 4.99 Å². The van der Waals surface area contributed by atoms with Crippen molar-refractivity contribution in [2.45, 2.75) is 6.04 Å². The molecule has 1 N–H and O–H groups in total. The van der Waals surface area contributed by atoms with Gasteiger partial charge in [0.05, 0.1) is 11.7 Å². The van der Waals surface area contributed by atoms with Gasteiger partial charge in [0, 0.05) is 28.9 Å². The van der Waals surface area contributed by atoms with Gasteiger partial charge in [-0.25, -0.2) is 4.99 Å². The SMILES string of the molecule is C1=C(c2ccc(-c3cncc4ccccc34)cc2)N=C(c2ccc(-c3ccc4ccccc4c3)cc2)NC1c1cccc(-c2ccccc2)c1. The van der Waals surface area contributed by atoms with E-state index in [9.17, 15) is 0 Å². The van der Waals surface area contributed by atoms with Crippen LogP contribution in [0.1, 0.15) is 22.7 Å². The number of aliphatic imine (C=N–C) groups is 1. The molecule has 7 aromatic carbocycles. The van der Waals surface area contributed by atoms with Gasteiger partial charge >= 0.3 is 0 Å². The van der Waals surface area contributed by atoms with Gasteiger partial charge in [0.15, 0.2) is 0 Å². The first kappa shape index (κ1) is 29.6. The summed E-state index contributed by atoms with van der Waals surface area (Å²) < 4.78 is 0. The van der Waals surface area contributed by atoms with Crippen LogP contribution in [0.25, 0.3) is 60.6 Å². The number of amidine groups is 1. The van der Waals surface area contributed by atoms with Crippen molar-refractivity contribution in [2.24, 2.45) is 4.99 Å². The molecule has 0 amide bonds. The Morgan fingerprint density at radius 1 is 0.420 bits per heavy atom. The maximum atomic E-state index is 5.23. The van der Waals surface area contributed by atoms with Crippen LogP contribution in [-0.2, 0) is 0 Å². The van der Waals surface area contributed by atoms with Crippen LogP contribution in [0.4, 0.5) is 0 Å². The number of hydrogen-bond acceptors (Lipinski definition) is 3. The summed E-state index contributed by atoms with van der Waals surface area (Å²) in [7, 11) is 0. The molecular formula is C47H33N3. The molecule has 2 heterocycles. The molecule has 1 aromatic heterocycles. The van der Waals surface area contributed by atoms with E-state index < -0.39 is 0 Å². The van der Waals surface area contributed by atoms with Gasteiger partial charge in [0.1, 0.15) is 5.84 Å². The minimum Gasteiger partial charge on any atom is -0.359 e. The molecule has 0 fully saturated rings. The average Bonchev–Trinajstić information content (AvgIpc) is 3.21. The molecule has 0 bridgehead atoms. The van der Waals surface area contributed by atoms with E-state index in [0.29, 0.717) is 0 Å². The van der Waals surface area contributed by atoms with Crippen LogP contribution in [0.15, 0.2) is 193 Å². The predicted octanol–water partition coefficient (Wildman–Crippen LogP) is 11.5. The zero-order valence-corrected chi connectivity index (χ0v) is 27.4. The molecule has 0 saturated carbocycles. The van der Waals surface area contributed by atoms with E-state index in [1.807, 2.05) is 12.4 Å². The lowest BCUT2D eigenvalue weighted by Crippen LogP contribution is -2.31. The second-order valence-electron chi connectivity index (χ2n) is 12.8. The largest absolute Gasteiger partial charge is 0.359 e. The third-order valence-electron chi connectivity index (χ3n) is 9.60. The lowest BCUT2D eigenvalue weighted by molar-refractivity contribution is 0.781. The number of benzene rings is 7. The molecule has 0 radical (unpaired) electrons. The van der Waals surface area contributed by atoms with Gasteiger partial charge in [-0.15, -0.1) is 0 Å². The first-order valence-electron chi connectivity index (χ1n) is 17.0. The van der Waals surface area contributed by atoms with Crippen molar-refractivity contribution >= 4 is 33.1 Å². The van der Waals surface area contributed by atoms with Crippen LogP contribution < -0.4 is 5.32 Å². The van der Waals surface area contributed by atoms with Crippen LogP contribution in [0.3, 0.4) is 0 Å². The van der Waals surface area contributed by atoms with Gasteiger partial charge in [-0.1, -0.05) is 158 Å². The van der Waals surface area contributed by atoms with Crippen LogP contribution >= 0.6 is 0 Å². The fraction of sp³-hybridized carbons (Fsp3) is 0.0213. The van der Waals surface area contributed by atoms with E-state index >= 15 is 0 Å². The summed E-state index contributed by atoms with van der Waals surface area (Å²) in [5, 5.41) is 8.59. The minimum absolute atomic E-state index is 0.0664. The molecule has 9 rings (SSSR count). The smallest absolute Gasteiger partial charge is 0.134 e. The Kier molecular flexibility index (Phi) is 7.56. The zero-order chi connectivity index (χ0) is 33.3.